The highest BCUT2D eigenvalue weighted by atomic mass is 15.3. The molecular formula is C11H16N6. The Morgan fingerprint density at radius 1 is 1.29 bits per heavy atom. The lowest BCUT2D eigenvalue weighted by molar-refractivity contribution is 0.707. The van der Waals surface area contributed by atoms with E-state index in [1.54, 1.807) is 6.33 Å². The maximum atomic E-state index is 4.37. The van der Waals surface area contributed by atoms with Gasteiger partial charge in [-0.1, -0.05) is 6.07 Å². The van der Waals surface area contributed by atoms with Gasteiger partial charge in [0, 0.05) is 13.6 Å². The molecule has 2 rings (SSSR count). The van der Waals surface area contributed by atoms with Crippen LogP contribution in [0.15, 0.2) is 24.5 Å². The molecule has 2 aromatic rings. The fourth-order valence-electron chi connectivity index (χ4n) is 1.52. The van der Waals surface area contributed by atoms with Gasteiger partial charge in [-0.3, -0.25) is 0 Å². The topological polar surface area (TPSA) is 67.7 Å². The van der Waals surface area contributed by atoms with Gasteiger partial charge < -0.3 is 15.2 Å². The third-order valence-corrected chi connectivity index (χ3v) is 2.47. The zero-order valence-electron chi connectivity index (χ0n) is 10.0. The van der Waals surface area contributed by atoms with Gasteiger partial charge in [-0.05, 0) is 19.1 Å². The molecule has 2 heterocycles. The Morgan fingerprint density at radius 3 is 2.88 bits per heavy atom. The molecular weight excluding hydrogens is 216 g/mol. The molecule has 0 spiro atoms. The van der Waals surface area contributed by atoms with Crippen LogP contribution in [0.25, 0.3) is 0 Å². The van der Waals surface area contributed by atoms with Crippen LogP contribution >= 0.6 is 0 Å². The van der Waals surface area contributed by atoms with E-state index in [-0.39, 0.29) is 0 Å². The highest BCUT2D eigenvalue weighted by Crippen LogP contribution is 2.09. The van der Waals surface area contributed by atoms with E-state index < -0.39 is 0 Å². The van der Waals surface area contributed by atoms with Crippen LogP contribution in [-0.2, 0) is 13.1 Å². The summed E-state index contributed by atoms with van der Waals surface area (Å²) in [6.07, 6.45) is 1.73. The number of aryl methyl sites for hydroxylation is 1. The summed E-state index contributed by atoms with van der Waals surface area (Å²) in [5.41, 5.74) is 0. The zero-order chi connectivity index (χ0) is 12.1. The first-order valence-electron chi connectivity index (χ1n) is 5.59. The molecule has 0 aliphatic heterocycles. The van der Waals surface area contributed by atoms with Gasteiger partial charge in [-0.2, -0.15) is 0 Å². The van der Waals surface area contributed by atoms with E-state index in [1.165, 1.54) is 0 Å². The molecule has 0 aliphatic rings. The van der Waals surface area contributed by atoms with Crippen LogP contribution in [0, 0.1) is 0 Å². The predicted octanol–water partition coefficient (Wildman–Crippen LogP) is 1.35. The van der Waals surface area contributed by atoms with Crippen molar-refractivity contribution in [1.29, 1.82) is 0 Å². The quantitative estimate of drug-likeness (QED) is 0.814. The van der Waals surface area contributed by atoms with Crippen molar-refractivity contribution in [2.45, 2.75) is 20.0 Å². The molecule has 0 aliphatic carbocycles. The van der Waals surface area contributed by atoms with Crippen LogP contribution < -0.4 is 10.6 Å². The van der Waals surface area contributed by atoms with Crippen molar-refractivity contribution in [2.75, 3.05) is 17.7 Å². The second-order valence-electron chi connectivity index (χ2n) is 3.54. The van der Waals surface area contributed by atoms with Crippen LogP contribution in [-0.4, -0.2) is 26.8 Å². The summed E-state index contributed by atoms with van der Waals surface area (Å²) >= 11 is 0. The summed E-state index contributed by atoms with van der Waals surface area (Å²) in [7, 11) is 1.85. The monoisotopic (exact) mass is 232 g/mol. The van der Waals surface area contributed by atoms with E-state index in [0.717, 1.165) is 24.0 Å². The lowest BCUT2D eigenvalue weighted by Gasteiger charge is -2.07. The minimum Gasteiger partial charge on any atom is -0.373 e. The summed E-state index contributed by atoms with van der Waals surface area (Å²) in [5.74, 6) is 2.57. The third-order valence-electron chi connectivity index (χ3n) is 2.47. The molecule has 6 nitrogen and oxygen atoms in total. The standard InChI is InChI=1S/C11H16N6/c1-3-17-8-14-16-11(17)7-13-10-6-4-5-9(12-2)15-10/h4-6,8H,3,7H2,1-2H3,(H2,12,13,15). The van der Waals surface area contributed by atoms with Gasteiger partial charge in [-0.15, -0.1) is 10.2 Å². The number of nitrogens with zero attached hydrogens (tertiary/aromatic N) is 4. The van der Waals surface area contributed by atoms with Crippen LogP contribution in [0.2, 0.25) is 0 Å². The van der Waals surface area contributed by atoms with E-state index in [1.807, 2.05) is 29.8 Å². The zero-order valence-corrected chi connectivity index (χ0v) is 10.0. The van der Waals surface area contributed by atoms with Crippen molar-refractivity contribution in [3.63, 3.8) is 0 Å². The van der Waals surface area contributed by atoms with Gasteiger partial charge >= 0.3 is 0 Å². The summed E-state index contributed by atoms with van der Waals surface area (Å²) in [6, 6.07) is 5.79. The Morgan fingerprint density at radius 2 is 2.12 bits per heavy atom. The molecule has 0 amide bonds. The van der Waals surface area contributed by atoms with Crippen LogP contribution in [0.5, 0.6) is 0 Å². The Balaban J connectivity index is 2.02. The van der Waals surface area contributed by atoms with Crippen LogP contribution in [0.1, 0.15) is 12.7 Å². The number of rotatable bonds is 5. The summed E-state index contributed by atoms with van der Waals surface area (Å²) in [6.45, 7) is 3.55. The fraction of sp³-hybridized carbons (Fsp3) is 0.364. The van der Waals surface area contributed by atoms with Crippen molar-refractivity contribution in [1.82, 2.24) is 19.7 Å². The van der Waals surface area contributed by atoms with Crippen LogP contribution in [0.4, 0.5) is 11.6 Å². The first kappa shape index (κ1) is 11.4. The normalized spacial score (nSPS) is 10.2. The number of pyridine rings is 1. The van der Waals surface area contributed by atoms with E-state index in [4.69, 9.17) is 0 Å². The van der Waals surface area contributed by atoms with Crippen molar-refractivity contribution in [2.24, 2.45) is 0 Å². The summed E-state index contributed by atoms with van der Waals surface area (Å²) < 4.78 is 1.99. The van der Waals surface area contributed by atoms with Gasteiger partial charge in [0.15, 0.2) is 5.82 Å². The maximum absolute atomic E-state index is 4.37. The molecule has 0 fully saturated rings. The summed E-state index contributed by atoms with van der Waals surface area (Å²) in [5, 5.41) is 14.2. The van der Waals surface area contributed by atoms with E-state index >= 15 is 0 Å². The smallest absolute Gasteiger partial charge is 0.152 e. The van der Waals surface area contributed by atoms with Crippen molar-refractivity contribution >= 4 is 11.6 Å². The number of nitrogens with one attached hydrogen (secondary N) is 2. The highest BCUT2D eigenvalue weighted by molar-refractivity contribution is 5.44. The second kappa shape index (κ2) is 5.29. The van der Waals surface area contributed by atoms with Gasteiger partial charge in [0.05, 0.1) is 6.54 Å². The minimum absolute atomic E-state index is 0.619. The van der Waals surface area contributed by atoms with Gasteiger partial charge in [0.2, 0.25) is 0 Å². The minimum atomic E-state index is 0.619. The largest absolute Gasteiger partial charge is 0.373 e. The molecule has 0 unspecified atom stereocenters. The number of hydrogen-bond acceptors (Lipinski definition) is 5. The molecule has 0 atom stereocenters. The molecule has 0 bridgehead atoms. The van der Waals surface area contributed by atoms with Crippen molar-refractivity contribution in [3.05, 3.63) is 30.4 Å². The Labute approximate surface area is 100 Å². The van der Waals surface area contributed by atoms with Crippen molar-refractivity contribution in [3.8, 4) is 0 Å². The molecule has 0 saturated heterocycles. The molecule has 0 saturated carbocycles. The van der Waals surface area contributed by atoms with E-state index in [9.17, 15) is 0 Å². The second-order valence-corrected chi connectivity index (χ2v) is 3.54. The maximum Gasteiger partial charge on any atom is 0.152 e. The molecule has 6 heteroatoms. The van der Waals surface area contributed by atoms with E-state index in [2.05, 4.69) is 32.7 Å². The van der Waals surface area contributed by atoms with Gasteiger partial charge in [0.1, 0.15) is 18.0 Å². The van der Waals surface area contributed by atoms with Gasteiger partial charge in [0.25, 0.3) is 0 Å². The van der Waals surface area contributed by atoms with Crippen molar-refractivity contribution < 1.29 is 0 Å². The van der Waals surface area contributed by atoms with E-state index in [0.29, 0.717) is 6.54 Å². The average Bonchev–Trinajstić information content (AvgIpc) is 2.84. The summed E-state index contributed by atoms with van der Waals surface area (Å²) in [4.78, 5) is 4.37. The Bertz CT molecular complexity index is 478. The average molecular weight is 232 g/mol. The molecule has 0 radical (unpaired) electrons. The number of aromatic nitrogens is 4. The third kappa shape index (κ3) is 2.72. The molecule has 90 valence electrons. The molecule has 2 N–H and O–H groups in total. The van der Waals surface area contributed by atoms with Crippen LogP contribution in [0.3, 0.4) is 0 Å². The molecule has 2 aromatic heterocycles. The first-order valence-corrected chi connectivity index (χ1v) is 5.59. The van der Waals surface area contributed by atoms with Gasteiger partial charge in [-0.25, -0.2) is 4.98 Å². The molecule has 0 aromatic carbocycles. The fourth-order valence-corrected chi connectivity index (χ4v) is 1.52. The first-order chi connectivity index (χ1) is 8.33. The predicted molar refractivity (Wildman–Crippen MR) is 66.8 cm³/mol. The SMILES string of the molecule is CCn1cnnc1CNc1cccc(NC)n1. The Kier molecular flexibility index (Phi) is 3.54. The Hall–Kier alpha value is -2.11. The molecule has 17 heavy (non-hydrogen) atoms. The highest BCUT2D eigenvalue weighted by Gasteiger charge is 2.02. The lowest BCUT2D eigenvalue weighted by atomic mass is 10.4. The number of anilines is 2. The lowest BCUT2D eigenvalue weighted by Crippen LogP contribution is -2.08. The number of hydrogen-bond donors (Lipinski definition) is 2.